The number of ether oxygens (including phenoxy) is 1. The first kappa shape index (κ1) is 14.6. The van der Waals surface area contributed by atoms with Crippen LogP contribution < -0.4 is 10.1 Å². The highest BCUT2D eigenvalue weighted by atomic mass is 16.5. The summed E-state index contributed by atoms with van der Waals surface area (Å²) in [5.41, 5.74) is 3.27. The summed E-state index contributed by atoms with van der Waals surface area (Å²) < 4.78 is 5.30. The molecular formula is C17H21N3O2. The SMILES string of the molecule is COc1ccccc1CCC(=O)Nc1n[nH]c(C2CC2)c1C. The van der Waals surface area contributed by atoms with Gasteiger partial charge in [-0.05, 0) is 37.8 Å². The molecule has 1 saturated carbocycles. The van der Waals surface area contributed by atoms with Gasteiger partial charge in [-0.25, -0.2) is 0 Å². The Morgan fingerprint density at radius 1 is 1.41 bits per heavy atom. The van der Waals surface area contributed by atoms with Gasteiger partial charge in [0.05, 0.1) is 7.11 Å². The number of methoxy groups -OCH3 is 1. The second kappa shape index (κ2) is 6.22. The topological polar surface area (TPSA) is 67.0 Å². The second-order valence-electron chi connectivity index (χ2n) is 5.75. The number of hydrogen-bond donors (Lipinski definition) is 2. The molecule has 5 heteroatoms. The highest BCUT2D eigenvalue weighted by Gasteiger charge is 2.28. The highest BCUT2D eigenvalue weighted by Crippen LogP contribution is 2.41. The van der Waals surface area contributed by atoms with Crippen molar-refractivity contribution < 1.29 is 9.53 Å². The maximum Gasteiger partial charge on any atom is 0.225 e. The van der Waals surface area contributed by atoms with Crippen LogP contribution in [0.2, 0.25) is 0 Å². The van der Waals surface area contributed by atoms with E-state index >= 15 is 0 Å². The number of carbonyl (C=O) groups excluding carboxylic acids is 1. The molecule has 1 heterocycles. The first-order chi connectivity index (χ1) is 10.7. The smallest absolute Gasteiger partial charge is 0.225 e. The number of H-pyrrole nitrogens is 1. The molecule has 1 aromatic carbocycles. The molecule has 3 rings (SSSR count). The summed E-state index contributed by atoms with van der Waals surface area (Å²) >= 11 is 0. The normalized spacial score (nSPS) is 13.9. The number of nitrogens with one attached hydrogen (secondary N) is 2. The molecule has 0 radical (unpaired) electrons. The minimum Gasteiger partial charge on any atom is -0.496 e. The molecule has 5 nitrogen and oxygen atoms in total. The Bertz CT molecular complexity index is 674. The fraction of sp³-hybridized carbons (Fsp3) is 0.412. The molecule has 0 bridgehead atoms. The van der Waals surface area contributed by atoms with Crippen molar-refractivity contribution in [1.82, 2.24) is 10.2 Å². The molecule has 0 aliphatic heterocycles. The lowest BCUT2D eigenvalue weighted by Gasteiger charge is -2.08. The Labute approximate surface area is 130 Å². The number of carbonyl (C=O) groups is 1. The number of nitrogens with zero attached hydrogens (tertiary/aromatic N) is 1. The van der Waals surface area contributed by atoms with E-state index in [1.54, 1.807) is 7.11 Å². The molecule has 1 aliphatic carbocycles. The van der Waals surface area contributed by atoms with Gasteiger partial charge >= 0.3 is 0 Å². The number of aromatic amines is 1. The lowest BCUT2D eigenvalue weighted by atomic mass is 10.1. The third-order valence-corrected chi connectivity index (χ3v) is 4.10. The Kier molecular flexibility index (Phi) is 4.13. The molecule has 0 atom stereocenters. The third kappa shape index (κ3) is 3.13. The van der Waals surface area contributed by atoms with Crippen LogP contribution in [0.4, 0.5) is 5.82 Å². The van der Waals surface area contributed by atoms with Gasteiger partial charge in [0.1, 0.15) is 5.75 Å². The minimum absolute atomic E-state index is 0.0251. The first-order valence-electron chi connectivity index (χ1n) is 7.65. The summed E-state index contributed by atoms with van der Waals surface area (Å²) in [7, 11) is 1.64. The van der Waals surface area contributed by atoms with Crippen molar-refractivity contribution in [2.45, 2.75) is 38.5 Å². The lowest BCUT2D eigenvalue weighted by molar-refractivity contribution is -0.116. The van der Waals surface area contributed by atoms with Crippen molar-refractivity contribution in [3.8, 4) is 5.75 Å². The van der Waals surface area contributed by atoms with E-state index in [1.807, 2.05) is 31.2 Å². The zero-order chi connectivity index (χ0) is 15.5. The molecule has 1 fully saturated rings. The van der Waals surface area contributed by atoms with E-state index < -0.39 is 0 Å². The van der Waals surface area contributed by atoms with Crippen LogP contribution in [0.15, 0.2) is 24.3 Å². The van der Waals surface area contributed by atoms with Gasteiger partial charge in [0, 0.05) is 23.6 Å². The molecule has 0 spiro atoms. The fourth-order valence-corrected chi connectivity index (χ4v) is 2.65. The van der Waals surface area contributed by atoms with Gasteiger partial charge in [-0.15, -0.1) is 0 Å². The molecular weight excluding hydrogens is 278 g/mol. The van der Waals surface area contributed by atoms with E-state index in [2.05, 4.69) is 15.5 Å². The number of aromatic nitrogens is 2. The van der Waals surface area contributed by atoms with Crippen LogP contribution in [-0.4, -0.2) is 23.2 Å². The predicted molar refractivity (Wildman–Crippen MR) is 85.2 cm³/mol. The average Bonchev–Trinajstić information content (AvgIpc) is 3.31. The van der Waals surface area contributed by atoms with E-state index in [0.717, 1.165) is 16.9 Å². The van der Waals surface area contributed by atoms with E-state index in [4.69, 9.17) is 4.74 Å². The van der Waals surface area contributed by atoms with Crippen LogP contribution in [0.1, 0.15) is 42.0 Å². The maximum atomic E-state index is 12.1. The van der Waals surface area contributed by atoms with Crippen molar-refractivity contribution in [2.24, 2.45) is 0 Å². The third-order valence-electron chi connectivity index (χ3n) is 4.10. The number of benzene rings is 1. The van der Waals surface area contributed by atoms with Gasteiger partial charge in [0.25, 0.3) is 0 Å². The van der Waals surface area contributed by atoms with Gasteiger partial charge < -0.3 is 10.1 Å². The summed E-state index contributed by atoms with van der Waals surface area (Å²) in [4.78, 5) is 12.1. The molecule has 1 amide bonds. The Morgan fingerprint density at radius 3 is 2.91 bits per heavy atom. The van der Waals surface area contributed by atoms with Crippen molar-refractivity contribution in [1.29, 1.82) is 0 Å². The molecule has 2 N–H and O–H groups in total. The minimum atomic E-state index is -0.0251. The van der Waals surface area contributed by atoms with Gasteiger partial charge in [0.2, 0.25) is 5.91 Å². The highest BCUT2D eigenvalue weighted by molar-refractivity contribution is 5.90. The van der Waals surface area contributed by atoms with Crippen molar-refractivity contribution in [3.05, 3.63) is 41.1 Å². The zero-order valence-electron chi connectivity index (χ0n) is 13.0. The van der Waals surface area contributed by atoms with Crippen molar-refractivity contribution in [2.75, 3.05) is 12.4 Å². The van der Waals surface area contributed by atoms with Gasteiger partial charge in [-0.3, -0.25) is 9.89 Å². The van der Waals surface area contributed by atoms with Crippen LogP contribution in [0, 0.1) is 6.92 Å². The van der Waals surface area contributed by atoms with Crippen LogP contribution >= 0.6 is 0 Å². The van der Waals surface area contributed by atoms with E-state index in [1.165, 1.54) is 18.5 Å². The second-order valence-corrected chi connectivity index (χ2v) is 5.75. The average molecular weight is 299 g/mol. The van der Waals surface area contributed by atoms with E-state index in [0.29, 0.717) is 24.6 Å². The van der Waals surface area contributed by atoms with Gasteiger partial charge in [-0.1, -0.05) is 18.2 Å². The molecule has 0 unspecified atom stereocenters. The van der Waals surface area contributed by atoms with E-state index in [9.17, 15) is 4.79 Å². The quantitative estimate of drug-likeness (QED) is 0.861. The maximum absolute atomic E-state index is 12.1. The molecule has 116 valence electrons. The fourth-order valence-electron chi connectivity index (χ4n) is 2.65. The largest absolute Gasteiger partial charge is 0.496 e. The summed E-state index contributed by atoms with van der Waals surface area (Å²) in [6.45, 7) is 2.01. The van der Waals surface area contributed by atoms with Crippen LogP contribution in [-0.2, 0) is 11.2 Å². The molecule has 1 aliphatic rings. The van der Waals surface area contributed by atoms with Gasteiger partial charge in [-0.2, -0.15) is 5.10 Å². The molecule has 2 aromatic rings. The first-order valence-corrected chi connectivity index (χ1v) is 7.65. The molecule has 0 saturated heterocycles. The summed E-state index contributed by atoms with van der Waals surface area (Å²) in [6, 6.07) is 7.77. The number of para-hydroxylation sites is 1. The Balaban J connectivity index is 1.58. The van der Waals surface area contributed by atoms with Crippen LogP contribution in [0.5, 0.6) is 5.75 Å². The monoisotopic (exact) mass is 299 g/mol. The van der Waals surface area contributed by atoms with Gasteiger partial charge in [0.15, 0.2) is 5.82 Å². The number of hydrogen-bond acceptors (Lipinski definition) is 3. The number of amides is 1. The summed E-state index contributed by atoms with van der Waals surface area (Å²) in [6.07, 6.45) is 3.48. The Hall–Kier alpha value is -2.30. The number of anilines is 1. The number of rotatable bonds is 6. The van der Waals surface area contributed by atoms with E-state index in [-0.39, 0.29) is 5.91 Å². The predicted octanol–water partition coefficient (Wildman–Crippen LogP) is 3.18. The molecule has 1 aromatic heterocycles. The summed E-state index contributed by atoms with van der Waals surface area (Å²) in [5, 5.41) is 10.2. The van der Waals surface area contributed by atoms with Crippen molar-refractivity contribution in [3.63, 3.8) is 0 Å². The van der Waals surface area contributed by atoms with Crippen LogP contribution in [0.25, 0.3) is 0 Å². The number of aryl methyl sites for hydroxylation is 1. The summed E-state index contributed by atoms with van der Waals surface area (Å²) in [5.74, 6) is 2.06. The zero-order valence-corrected chi connectivity index (χ0v) is 13.0. The van der Waals surface area contributed by atoms with Crippen LogP contribution in [0.3, 0.4) is 0 Å². The van der Waals surface area contributed by atoms with Crippen molar-refractivity contribution >= 4 is 11.7 Å². The Morgan fingerprint density at radius 2 is 2.18 bits per heavy atom. The molecule has 22 heavy (non-hydrogen) atoms. The lowest BCUT2D eigenvalue weighted by Crippen LogP contribution is -2.13. The standard InChI is InChI=1S/C17H21N3O2/c1-11-16(13-7-8-13)19-20-17(11)18-15(21)10-9-12-5-3-4-6-14(12)22-2/h3-6,13H,7-10H2,1-2H3,(H2,18,19,20,21).